The van der Waals surface area contributed by atoms with Crippen molar-refractivity contribution >= 4 is 35.8 Å². The highest BCUT2D eigenvalue weighted by Crippen LogP contribution is 2.24. The molecule has 0 aliphatic carbocycles. The lowest BCUT2D eigenvalue weighted by Gasteiger charge is -2.49. The fourth-order valence-corrected chi connectivity index (χ4v) is 3.41. The van der Waals surface area contributed by atoms with Crippen LogP contribution in [0.3, 0.4) is 0 Å². The topological polar surface area (TPSA) is 78.6 Å². The predicted molar refractivity (Wildman–Crippen MR) is 109 cm³/mol. The molecule has 1 fully saturated rings. The van der Waals surface area contributed by atoms with Crippen LogP contribution in [-0.4, -0.2) is 68.1 Å². The van der Waals surface area contributed by atoms with E-state index in [0.29, 0.717) is 19.0 Å². The number of halogens is 1. The first-order valence-corrected chi connectivity index (χ1v) is 8.30. The lowest BCUT2D eigenvalue weighted by molar-refractivity contribution is -0.145. The second-order valence-electron chi connectivity index (χ2n) is 7.15. The van der Waals surface area contributed by atoms with Crippen molar-refractivity contribution in [2.24, 2.45) is 12.0 Å². The number of carbonyl (C=O) groups is 1. The number of piperazine rings is 1. The zero-order valence-electron chi connectivity index (χ0n) is 16.2. The van der Waals surface area contributed by atoms with E-state index < -0.39 is 0 Å². The summed E-state index contributed by atoms with van der Waals surface area (Å²) in [6.45, 7) is 11.8. The van der Waals surface area contributed by atoms with Gasteiger partial charge in [-0.25, -0.2) is 0 Å². The summed E-state index contributed by atoms with van der Waals surface area (Å²) >= 11 is 0. The first-order chi connectivity index (χ1) is 11.2. The molecule has 0 radical (unpaired) electrons. The van der Waals surface area contributed by atoms with Crippen LogP contribution in [0.1, 0.15) is 39.3 Å². The predicted octanol–water partition coefficient (Wildman–Crippen LogP) is 1.15. The van der Waals surface area contributed by atoms with E-state index in [1.165, 1.54) is 0 Å². The second-order valence-corrected chi connectivity index (χ2v) is 7.15. The van der Waals surface area contributed by atoms with Crippen LogP contribution in [0.5, 0.6) is 0 Å². The highest BCUT2D eigenvalue weighted by molar-refractivity contribution is 14.0. The summed E-state index contributed by atoms with van der Waals surface area (Å²) in [6.07, 6.45) is 0. The fourth-order valence-electron chi connectivity index (χ4n) is 3.41. The number of carbonyl (C=O) groups excluding carboxylic acids is 1. The summed E-state index contributed by atoms with van der Waals surface area (Å²) < 4.78 is 1.94. The molecule has 1 saturated heterocycles. The molecule has 8 nitrogen and oxygen atoms in total. The minimum absolute atomic E-state index is 0. The third-order valence-corrected chi connectivity index (χ3v) is 4.44. The molecule has 25 heavy (non-hydrogen) atoms. The van der Waals surface area contributed by atoms with Crippen molar-refractivity contribution in [2.45, 2.75) is 52.7 Å². The minimum atomic E-state index is -0.248. The molecule has 0 spiro atoms. The van der Waals surface area contributed by atoms with Crippen LogP contribution < -0.4 is 5.32 Å². The van der Waals surface area contributed by atoms with Gasteiger partial charge in [0.1, 0.15) is 5.82 Å². The van der Waals surface area contributed by atoms with Gasteiger partial charge in [-0.2, -0.15) is 0 Å². The van der Waals surface area contributed by atoms with Gasteiger partial charge in [0.05, 0.1) is 18.6 Å². The lowest BCUT2D eigenvalue weighted by atomic mass is 9.96. The van der Waals surface area contributed by atoms with Crippen LogP contribution in [0.15, 0.2) is 4.99 Å². The largest absolute Gasteiger partial charge is 0.349 e. The first-order valence-electron chi connectivity index (χ1n) is 8.30. The monoisotopic (exact) mass is 463 g/mol. The maximum Gasteiger partial charge on any atom is 0.242 e. The molecule has 2 rings (SSSR count). The Morgan fingerprint density at radius 2 is 2.00 bits per heavy atom. The molecule has 1 aliphatic heterocycles. The number of amides is 1. The normalized spacial score (nSPS) is 17.8. The number of guanidine groups is 1. The minimum Gasteiger partial charge on any atom is -0.349 e. The summed E-state index contributed by atoms with van der Waals surface area (Å²) in [5.41, 5.74) is -0.248. The second kappa shape index (κ2) is 8.33. The molecule has 1 aliphatic rings. The van der Waals surface area contributed by atoms with Gasteiger partial charge in [0, 0.05) is 26.7 Å². The molecule has 0 bridgehead atoms. The summed E-state index contributed by atoms with van der Waals surface area (Å²) in [5.74, 6) is 2.53. The van der Waals surface area contributed by atoms with E-state index in [1.54, 1.807) is 7.05 Å². The van der Waals surface area contributed by atoms with Crippen molar-refractivity contribution in [3.05, 3.63) is 11.6 Å². The van der Waals surface area contributed by atoms with Gasteiger partial charge in [0.15, 0.2) is 11.8 Å². The van der Waals surface area contributed by atoms with Gasteiger partial charge in [-0.05, 0) is 34.6 Å². The molecule has 1 N–H and O–H groups in total. The van der Waals surface area contributed by atoms with Crippen LogP contribution >= 0.6 is 24.0 Å². The van der Waals surface area contributed by atoms with E-state index >= 15 is 0 Å². The zero-order valence-corrected chi connectivity index (χ0v) is 18.5. The molecule has 1 amide bonds. The zero-order chi connectivity index (χ0) is 18.1. The SMILES string of the molecule is CN=C(NCc1nnc(C)n1C)N1CC(=O)N(C(C)C)C(C)(C)C1.I. The number of nitrogens with one attached hydrogen (secondary N) is 1. The van der Waals surface area contributed by atoms with Crippen molar-refractivity contribution in [1.29, 1.82) is 0 Å². The van der Waals surface area contributed by atoms with Crippen LogP contribution in [-0.2, 0) is 18.4 Å². The number of aryl methyl sites for hydroxylation is 1. The molecule has 0 saturated carbocycles. The average Bonchev–Trinajstić information content (AvgIpc) is 2.77. The van der Waals surface area contributed by atoms with Crippen molar-refractivity contribution < 1.29 is 4.79 Å². The summed E-state index contributed by atoms with van der Waals surface area (Å²) in [7, 11) is 3.67. The molecule has 1 aromatic rings. The lowest BCUT2D eigenvalue weighted by Crippen LogP contribution is -2.66. The fraction of sp³-hybridized carbons (Fsp3) is 0.750. The Hall–Kier alpha value is -1.39. The van der Waals surface area contributed by atoms with Crippen molar-refractivity contribution in [3.63, 3.8) is 0 Å². The highest BCUT2D eigenvalue weighted by atomic mass is 127. The molecule has 1 aromatic heterocycles. The van der Waals surface area contributed by atoms with Crippen LogP contribution in [0.4, 0.5) is 0 Å². The van der Waals surface area contributed by atoms with Crippen LogP contribution in [0.2, 0.25) is 0 Å². The summed E-state index contributed by atoms with van der Waals surface area (Å²) in [6, 6.07) is 0.186. The Balaban J connectivity index is 0.00000312. The van der Waals surface area contributed by atoms with Gasteiger partial charge in [-0.3, -0.25) is 9.79 Å². The third kappa shape index (κ3) is 4.62. The van der Waals surface area contributed by atoms with E-state index in [4.69, 9.17) is 0 Å². The van der Waals surface area contributed by atoms with E-state index in [0.717, 1.165) is 18.2 Å². The quantitative estimate of drug-likeness (QED) is 0.414. The molecule has 0 atom stereocenters. The molecule has 9 heteroatoms. The molecule has 2 heterocycles. The Morgan fingerprint density at radius 1 is 1.36 bits per heavy atom. The number of aliphatic imine (C=N–C) groups is 1. The molecular weight excluding hydrogens is 433 g/mol. The van der Waals surface area contributed by atoms with E-state index in [1.807, 2.05) is 28.3 Å². The summed E-state index contributed by atoms with van der Waals surface area (Å²) in [4.78, 5) is 20.9. The van der Waals surface area contributed by atoms with E-state index in [2.05, 4.69) is 48.2 Å². The van der Waals surface area contributed by atoms with Crippen LogP contribution in [0.25, 0.3) is 0 Å². The standard InChI is InChI=1S/C16H29N7O.HI/c1-11(2)23-14(24)9-22(10-16(23,4)5)15(17-6)18-8-13-20-19-12(3)21(13)7;/h11H,8-10H2,1-7H3,(H,17,18);1H. The Bertz CT molecular complexity index is 638. The highest BCUT2D eigenvalue weighted by Gasteiger charge is 2.40. The average molecular weight is 463 g/mol. The Morgan fingerprint density at radius 3 is 2.44 bits per heavy atom. The van der Waals surface area contributed by atoms with Gasteiger partial charge in [0.25, 0.3) is 0 Å². The van der Waals surface area contributed by atoms with Gasteiger partial charge in [0.2, 0.25) is 5.91 Å². The molecular formula is C16H30IN7O. The van der Waals surface area contributed by atoms with Crippen LogP contribution in [0, 0.1) is 6.92 Å². The number of rotatable bonds is 3. The smallest absolute Gasteiger partial charge is 0.242 e. The third-order valence-electron chi connectivity index (χ3n) is 4.44. The summed E-state index contributed by atoms with van der Waals surface area (Å²) in [5, 5.41) is 11.5. The molecule has 0 aromatic carbocycles. The number of aromatic nitrogens is 3. The Kier molecular flexibility index (Phi) is 7.21. The maximum absolute atomic E-state index is 12.6. The Labute approximate surface area is 167 Å². The van der Waals surface area contributed by atoms with Gasteiger partial charge >= 0.3 is 0 Å². The van der Waals surface area contributed by atoms with Gasteiger partial charge < -0.3 is 19.7 Å². The van der Waals surface area contributed by atoms with E-state index in [-0.39, 0.29) is 41.5 Å². The maximum atomic E-state index is 12.6. The number of hydrogen-bond acceptors (Lipinski definition) is 4. The van der Waals surface area contributed by atoms with Crippen molar-refractivity contribution in [2.75, 3.05) is 20.1 Å². The van der Waals surface area contributed by atoms with Crippen molar-refractivity contribution in [3.8, 4) is 0 Å². The van der Waals surface area contributed by atoms with Crippen molar-refractivity contribution in [1.82, 2.24) is 29.9 Å². The van der Waals surface area contributed by atoms with Gasteiger partial charge in [-0.1, -0.05) is 0 Å². The van der Waals surface area contributed by atoms with E-state index in [9.17, 15) is 4.79 Å². The van der Waals surface area contributed by atoms with Gasteiger partial charge in [-0.15, -0.1) is 34.2 Å². The molecule has 142 valence electrons. The number of nitrogens with zero attached hydrogens (tertiary/aromatic N) is 6. The molecule has 0 unspecified atom stereocenters. The number of hydrogen-bond donors (Lipinski definition) is 1. The first kappa shape index (κ1) is 21.7.